The van der Waals surface area contributed by atoms with Crippen molar-refractivity contribution in [2.75, 3.05) is 0 Å². The molecule has 0 spiro atoms. The van der Waals surface area contributed by atoms with Crippen LogP contribution in [0, 0.1) is 55.4 Å². The Balaban J connectivity index is 1.70. The summed E-state index contributed by atoms with van der Waals surface area (Å²) in [6, 6.07) is 0. The molecule has 10 rings (SSSR count). The van der Waals surface area contributed by atoms with Gasteiger partial charge in [-0.15, -0.1) is 0 Å². The predicted molar refractivity (Wildman–Crippen MR) is 251 cm³/mol. The van der Waals surface area contributed by atoms with Gasteiger partial charge in [-0.2, -0.15) is 0 Å². The normalized spacial score (nSPS) is 16.4. The molecule has 4 aromatic carbocycles. The monoisotopic (exact) mass is 1360 g/mol. The third kappa shape index (κ3) is 8.43. The Labute approximate surface area is 457 Å². The standard InChI is InChI=1S/C48H24F24N8.2ClH.Sn/c1-9-11(3)17-21(25(13(9)5)41(49,50)51)37-74-33(17)73-34-18-12(4)10(2)14(6)26(42(52,53)54)22(18)38(75-34)77-36-20-16(8)28(44(58,59)60)32(48(70,71)72)30(46(64,65)66)24(20)40(79-36)80-39-23-19(35(76-37)78-39)15(7)27(43(55,56)57)31(47(67,68)69)29(23)45(61,62)63;;;/h1-8H3;2*1H;/q-2;;;+4/p-2. The first kappa shape index (κ1) is 60.1. The Morgan fingerprint density at radius 3 is 1.04 bits per heavy atom. The van der Waals surface area contributed by atoms with Gasteiger partial charge in [-0.3, -0.25) is 0 Å². The van der Waals surface area contributed by atoms with Gasteiger partial charge in [-0.05, 0) is 0 Å². The number of aryl methyl sites for hydroxylation is 2. The van der Waals surface area contributed by atoms with Gasteiger partial charge in [-0.1, -0.05) is 0 Å². The molecule has 0 saturated carbocycles. The molecule has 6 heterocycles. The Hall–Kier alpha value is -6.06. The Kier molecular flexibility index (Phi) is 12.7. The van der Waals surface area contributed by atoms with Crippen LogP contribution in [0.5, 0.6) is 0 Å². The number of hydrogen-bond acceptors (Lipinski definition) is 6. The van der Waals surface area contributed by atoms with Gasteiger partial charge in [0.1, 0.15) is 0 Å². The topological polar surface area (TPSA) is 84.0 Å². The van der Waals surface area contributed by atoms with Crippen molar-refractivity contribution in [3.8, 4) is 0 Å². The van der Waals surface area contributed by atoms with Crippen molar-refractivity contribution >= 4 is 91.0 Å². The van der Waals surface area contributed by atoms with Crippen LogP contribution in [0.3, 0.4) is 0 Å². The van der Waals surface area contributed by atoms with Crippen LogP contribution in [0.25, 0.3) is 21.5 Å². The fourth-order valence-electron chi connectivity index (χ4n) is 11.5. The summed E-state index contributed by atoms with van der Waals surface area (Å²) in [5, 5.41) is -6.75. The number of benzene rings is 4. The van der Waals surface area contributed by atoms with E-state index in [0.29, 0.717) is 0 Å². The van der Waals surface area contributed by atoms with Crippen molar-refractivity contribution in [3.05, 3.63) is 122 Å². The molecule has 2 aromatic heterocycles. The molecule has 8 nitrogen and oxygen atoms in total. The first-order valence-electron chi connectivity index (χ1n) is 22.9. The molecule has 4 aliphatic heterocycles. The first-order valence-corrected chi connectivity index (χ1v) is 32.7. The summed E-state index contributed by atoms with van der Waals surface area (Å²) < 4.78 is 374. The van der Waals surface area contributed by atoms with Crippen LogP contribution in [-0.4, -0.2) is 45.6 Å². The van der Waals surface area contributed by atoms with Crippen molar-refractivity contribution < 1.29 is 105 Å². The van der Waals surface area contributed by atoms with Crippen LogP contribution < -0.4 is 11.0 Å². The van der Waals surface area contributed by atoms with Crippen molar-refractivity contribution in [1.82, 2.24) is 5.58 Å². The summed E-state index contributed by atoms with van der Waals surface area (Å²) in [7, 11) is 14.9. The van der Waals surface area contributed by atoms with Gasteiger partial charge in [0.2, 0.25) is 0 Å². The van der Waals surface area contributed by atoms with Gasteiger partial charge < -0.3 is 0 Å². The van der Waals surface area contributed by atoms with Crippen LogP contribution in [0.4, 0.5) is 117 Å². The van der Waals surface area contributed by atoms with E-state index >= 15 is 105 Å². The van der Waals surface area contributed by atoms with E-state index in [-0.39, 0.29) is 36.1 Å². The predicted octanol–water partition coefficient (Wildman–Crippen LogP) is 16.5. The molecule has 0 aliphatic carbocycles. The average molecular weight is 1360 g/mol. The van der Waals surface area contributed by atoms with E-state index in [1.165, 1.54) is 0 Å². The zero-order valence-electron chi connectivity index (χ0n) is 41.9. The Morgan fingerprint density at radius 2 is 0.602 bits per heavy atom. The van der Waals surface area contributed by atoms with E-state index in [2.05, 4.69) is 30.0 Å². The fraction of sp³-hybridized carbons (Fsp3) is 0.333. The van der Waals surface area contributed by atoms with Crippen LogP contribution >= 0.6 is 17.8 Å². The second kappa shape index (κ2) is 17.5. The van der Waals surface area contributed by atoms with Crippen LogP contribution in [0.1, 0.15) is 111 Å². The van der Waals surface area contributed by atoms with E-state index in [9.17, 15) is 0 Å². The fourth-order valence-corrected chi connectivity index (χ4v) is 21.1. The Bertz CT molecular complexity index is 4300. The molecule has 35 heteroatoms. The van der Waals surface area contributed by atoms with E-state index in [0.717, 1.165) is 41.5 Å². The summed E-state index contributed by atoms with van der Waals surface area (Å²) in [5.74, 6) is -9.31. The third-order valence-electron chi connectivity index (χ3n) is 15.0. The molecule has 0 radical (unpaired) electrons. The SMILES string of the molecule is Cc1c(C)c2c(c(C(F)(F)F)c1C)C1=NC2=Nc2c3c(C)c(C)c(C)c(C(F)(F)F)c3c3[n]2[Sn]([Cl])([Cl])[n]2c(c4c(C)c(C(F)(F)F)c(C(F)(F)F)c(C(F)(F)F)c4c2=NC2=NC(=N3)c3c(C)c(C(F)(F)F)c(C(F)(F)F)c(C(F)(F)F)c32)=N1. The number of nitrogens with zero attached hydrogens (tertiary/aromatic N) is 8. The summed E-state index contributed by atoms with van der Waals surface area (Å²) in [4.78, 5) is 23.7. The molecule has 0 saturated heterocycles. The maximum absolute atomic E-state index is 16.1. The molecule has 6 bridgehead atoms. The van der Waals surface area contributed by atoms with Crippen LogP contribution in [0.2, 0.25) is 0 Å². The van der Waals surface area contributed by atoms with E-state index in [1.54, 1.807) is 0 Å². The number of halogens is 26. The summed E-state index contributed by atoms with van der Waals surface area (Å²) in [6.07, 6.45) is -51.7. The molecule has 0 amide bonds. The average Bonchev–Trinajstić information content (AvgIpc) is 1.58. The van der Waals surface area contributed by atoms with Gasteiger partial charge in [0.15, 0.2) is 0 Å². The van der Waals surface area contributed by atoms with Crippen molar-refractivity contribution in [2.24, 2.45) is 30.0 Å². The van der Waals surface area contributed by atoms with Gasteiger partial charge >= 0.3 is 459 Å². The van der Waals surface area contributed by atoms with Crippen LogP contribution in [0.15, 0.2) is 30.0 Å². The van der Waals surface area contributed by atoms with Gasteiger partial charge in [0, 0.05) is 0 Å². The zero-order valence-corrected chi connectivity index (χ0v) is 46.3. The zero-order chi connectivity index (χ0) is 62.4. The molecule has 442 valence electrons. The molecule has 4 aliphatic rings. The number of alkyl halides is 24. The molecular formula is C48H24Cl2F24N8Sn. The summed E-state index contributed by atoms with van der Waals surface area (Å²) >= 11 is -7.79. The number of aliphatic imine (C=N–C) groups is 4. The minimum atomic E-state index is -7.79. The molecule has 0 N–H and O–H groups in total. The number of aromatic nitrogens is 2. The molecule has 0 unspecified atom stereocenters. The van der Waals surface area contributed by atoms with Crippen molar-refractivity contribution in [2.45, 2.75) is 105 Å². The van der Waals surface area contributed by atoms with E-state index in [4.69, 9.17) is 17.8 Å². The number of amidine groups is 4. The second-order valence-corrected chi connectivity index (χ2v) is 33.3. The number of fused-ring (bicyclic) bond motifs is 14. The van der Waals surface area contributed by atoms with Crippen LogP contribution in [-0.2, 0) is 49.4 Å². The van der Waals surface area contributed by atoms with Gasteiger partial charge in [0.05, 0.1) is 0 Å². The van der Waals surface area contributed by atoms with E-state index in [1.807, 2.05) is 0 Å². The number of hydrogen-bond donors (Lipinski definition) is 0. The summed E-state index contributed by atoms with van der Waals surface area (Å²) in [6.45, 7) is 6.12. The molecular weight excluding hydrogens is 1330 g/mol. The third-order valence-corrected chi connectivity index (χ3v) is 25.0. The van der Waals surface area contributed by atoms with Crippen molar-refractivity contribution in [3.63, 3.8) is 0 Å². The van der Waals surface area contributed by atoms with Crippen molar-refractivity contribution in [1.29, 1.82) is 0 Å². The summed E-state index contributed by atoms with van der Waals surface area (Å²) in [5.41, 5.74) is -41.2. The minimum absolute atomic E-state index is 0.0434. The molecule has 6 aromatic rings. The Morgan fingerprint density at radius 1 is 0.265 bits per heavy atom. The van der Waals surface area contributed by atoms with E-state index < -0.39 is 228 Å². The molecule has 0 atom stereocenters. The quantitative estimate of drug-likeness (QED) is 0.107. The van der Waals surface area contributed by atoms with Gasteiger partial charge in [0.25, 0.3) is 0 Å². The second-order valence-electron chi connectivity index (χ2n) is 19.4. The number of rotatable bonds is 0. The van der Waals surface area contributed by atoms with Gasteiger partial charge in [-0.25, -0.2) is 0 Å². The molecule has 0 fully saturated rings. The first-order chi connectivity index (χ1) is 37.4. The molecule has 83 heavy (non-hydrogen) atoms. The maximum atomic E-state index is 16.1.